The lowest BCUT2D eigenvalue weighted by Gasteiger charge is -2.48. The van der Waals surface area contributed by atoms with Gasteiger partial charge >= 0.3 is 0 Å². The highest BCUT2D eigenvalue weighted by molar-refractivity contribution is 5.88. The molecular formula is C9H16N2O2. The number of hydrogen-bond donors (Lipinski definition) is 2. The SMILES string of the molecule is CCOC1CC2(C1)NCCNC2=O. The molecule has 1 spiro atoms. The average molecular weight is 184 g/mol. The minimum absolute atomic E-state index is 0.148. The third-order valence-corrected chi connectivity index (χ3v) is 2.86. The van der Waals surface area contributed by atoms with Crippen molar-refractivity contribution in [2.75, 3.05) is 19.7 Å². The van der Waals surface area contributed by atoms with E-state index >= 15 is 0 Å². The zero-order valence-electron chi connectivity index (χ0n) is 7.93. The molecule has 4 nitrogen and oxygen atoms in total. The molecule has 74 valence electrons. The van der Waals surface area contributed by atoms with Crippen LogP contribution in [0.15, 0.2) is 0 Å². The first-order valence-electron chi connectivity index (χ1n) is 4.92. The Balaban J connectivity index is 1.89. The molecule has 1 aliphatic heterocycles. The Hall–Kier alpha value is -0.610. The van der Waals surface area contributed by atoms with Crippen molar-refractivity contribution in [2.24, 2.45) is 0 Å². The van der Waals surface area contributed by atoms with Gasteiger partial charge in [-0.3, -0.25) is 4.79 Å². The van der Waals surface area contributed by atoms with Crippen molar-refractivity contribution in [3.63, 3.8) is 0 Å². The summed E-state index contributed by atoms with van der Waals surface area (Å²) in [6.45, 7) is 4.35. The van der Waals surface area contributed by atoms with Crippen molar-refractivity contribution >= 4 is 5.91 Å². The van der Waals surface area contributed by atoms with E-state index in [4.69, 9.17) is 4.74 Å². The van der Waals surface area contributed by atoms with Gasteiger partial charge in [-0.1, -0.05) is 0 Å². The van der Waals surface area contributed by atoms with Gasteiger partial charge in [0.15, 0.2) is 0 Å². The highest BCUT2D eigenvalue weighted by Gasteiger charge is 2.51. The summed E-state index contributed by atoms with van der Waals surface area (Å²) in [5, 5.41) is 6.16. The number of nitrogens with one attached hydrogen (secondary N) is 2. The standard InChI is InChI=1S/C9H16N2O2/c1-2-13-7-5-9(6-7)8(12)10-3-4-11-9/h7,11H,2-6H2,1H3,(H,10,12). The second kappa shape index (κ2) is 3.27. The molecule has 2 rings (SSSR count). The second-order valence-corrected chi connectivity index (χ2v) is 3.75. The maximum atomic E-state index is 11.5. The normalized spacial score (nSPS) is 38.5. The molecule has 1 aliphatic carbocycles. The maximum absolute atomic E-state index is 11.5. The van der Waals surface area contributed by atoms with Crippen LogP contribution in [0.2, 0.25) is 0 Å². The Morgan fingerprint density at radius 3 is 2.92 bits per heavy atom. The van der Waals surface area contributed by atoms with Gasteiger partial charge in [-0.25, -0.2) is 0 Å². The number of rotatable bonds is 2. The van der Waals surface area contributed by atoms with Gasteiger partial charge in [-0.2, -0.15) is 0 Å². The number of amides is 1. The molecular weight excluding hydrogens is 168 g/mol. The summed E-state index contributed by atoms with van der Waals surface area (Å²) in [6, 6.07) is 0. The van der Waals surface area contributed by atoms with E-state index < -0.39 is 0 Å². The summed E-state index contributed by atoms with van der Waals surface area (Å²) in [7, 11) is 0. The Kier molecular flexibility index (Phi) is 2.26. The van der Waals surface area contributed by atoms with Gasteiger partial charge in [0.05, 0.1) is 6.10 Å². The molecule has 1 heterocycles. The van der Waals surface area contributed by atoms with E-state index in [1.807, 2.05) is 6.92 Å². The highest BCUT2D eigenvalue weighted by Crippen LogP contribution is 2.35. The molecule has 4 heteroatoms. The van der Waals surface area contributed by atoms with Crippen molar-refractivity contribution in [1.29, 1.82) is 0 Å². The fourth-order valence-electron chi connectivity index (χ4n) is 2.13. The number of ether oxygens (including phenoxy) is 1. The van der Waals surface area contributed by atoms with Crippen LogP contribution in [-0.2, 0) is 9.53 Å². The Morgan fingerprint density at radius 1 is 1.54 bits per heavy atom. The lowest BCUT2D eigenvalue weighted by atomic mass is 9.72. The molecule has 2 fully saturated rings. The van der Waals surface area contributed by atoms with E-state index in [0.717, 1.165) is 32.5 Å². The van der Waals surface area contributed by atoms with E-state index in [-0.39, 0.29) is 17.6 Å². The lowest BCUT2D eigenvalue weighted by molar-refractivity contribution is -0.142. The van der Waals surface area contributed by atoms with Crippen molar-refractivity contribution in [1.82, 2.24) is 10.6 Å². The van der Waals surface area contributed by atoms with Gasteiger partial charge in [0.2, 0.25) is 5.91 Å². The average Bonchev–Trinajstić information content (AvgIpc) is 2.06. The van der Waals surface area contributed by atoms with Crippen molar-refractivity contribution in [2.45, 2.75) is 31.4 Å². The molecule has 13 heavy (non-hydrogen) atoms. The van der Waals surface area contributed by atoms with Crippen LogP contribution in [0.4, 0.5) is 0 Å². The second-order valence-electron chi connectivity index (χ2n) is 3.75. The number of carbonyl (C=O) groups excluding carboxylic acids is 1. The first-order chi connectivity index (χ1) is 6.27. The molecule has 2 N–H and O–H groups in total. The van der Waals surface area contributed by atoms with Crippen LogP contribution >= 0.6 is 0 Å². The van der Waals surface area contributed by atoms with Crippen LogP contribution in [0.25, 0.3) is 0 Å². The summed E-state index contributed by atoms with van der Waals surface area (Å²) in [5.41, 5.74) is -0.294. The Morgan fingerprint density at radius 2 is 2.31 bits per heavy atom. The van der Waals surface area contributed by atoms with E-state index in [0.29, 0.717) is 0 Å². The van der Waals surface area contributed by atoms with Gasteiger partial charge in [0.1, 0.15) is 5.54 Å². The van der Waals surface area contributed by atoms with Crippen molar-refractivity contribution in [3.8, 4) is 0 Å². The number of hydrogen-bond acceptors (Lipinski definition) is 3. The minimum atomic E-state index is -0.294. The van der Waals surface area contributed by atoms with Gasteiger partial charge < -0.3 is 15.4 Å². The summed E-state index contributed by atoms with van der Waals surface area (Å²) in [4.78, 5) is 11.5. The van der Waals surface area contributed by atoms with Gasteiger partial charge in [0.25, 0.3) is 0 Å². The van der Waals surface area contributed by atoms with E-state index in [1.165, 1.54) is 0 Å². The first-order valence-corrected chi connectivity index (χ1v) is 4.92. The maximum Gasteiger partial charge on any atom is 0.240 e. The number of piperazine rings is 1. The number of carbonyl (C=O) groups is 1. The van der Waals surface area contributed by atoms with Crippen LogP contribution in [0, 0.1) is 0 Å². The lowest BCUT2D eigenvalue weighted by Crippen LogP contribution is -2.70. The molecule has 0 atom stereocenters. The summed E-state index contributed by atoms with van der Waals surface area (Å²) < 4.78 is 5.43. The molecule has 1 saturated heterocycles. The topological polar surface area (TPSA) is 50.4 Å². The predicted molar refractivity (Wildman–Crippen MR) is 48.4 cm³/mol. The molecule has 0 aromatic rings. The fourth-order valence-corrected chi connectivity index (χ4v) is 2.13. The largest absolute Gasteiger partial charge is 0.378 e. The first kappa shape index (κ1) is 8.97. The third kappa shape index (κ3) is 1.44. The van der Waals surface area contributed by atoms with Gasteiger partial charge in [-0.05, 0) is 6.92 Å². The van der Waals surface area contributed by atoms with Gasteiger partial charge in [0, 0.05) is 32.5 Å². The van der Waals surface area contributed by atoms with E-state index in [1.54, 1.807) is 0 Å². The van der Waals surface area contributed by atoms with Crippen molar-refractivity contribution in [3.05, 3.63) is 0 Å². The zero-order valence-corrected chi connectivity index (χ0v) is 7.93. The van der Waals surface area contributed by atoms with Gasteiger partial charge in [-0.15, -0.1) is 0 Å². The Bertz CT molecular complexity index is 212. The molecule has 0 aromatic heterocycles. The molecule has 0 unspecified atom stereocenters. The van der Waals surface area contributed by atoms with Crippen LogP contribution in [0.3, 0.4) is 0 Å². The fraction of sp³-hybridized carbons (Fsp3) is 0.889. The quantitative estimate of drug-likeness (QED) is 0.616. The third-order valence-electron chi connectivity index (χ3n) is 2.86. The molecule has 0 radical (unpaired) electrons. The van der Waals surface area contributed by atoms with Crippen LogP contribution in [0.5, 0.6) is 0 Å². The van der Waals surface area contributed by atoms with Crippen LogP contribution < -0.4 is 10.6 Å². The van der Waals surface area contributed by atoms with Crippen LogP contribution in [0.1, 0.15) is 19.8 Å². The molecule has 1 saturated carbocycles. The predicted octanol–water partition coefficient (Wildman–Crippen LogP) is -0.356. The van der Waals surface area contributed by atoms with E-state index in [9.17, 15) is 4.79 Å². The summed E-state index contributed by atoms with van der Waals surface area (Å²) >= 11 is 0. The smallest absolute Gasteiger partial charge is 0.240 e. The van der Waals surface area contributed by atoms with Crippen molar-refractivity contribution < 1.29 is 9.53 Å². The Labute approximate surface area is 78.0 Å². The summed E-state index contributed by atoms with van der Waals surface area (Å²) in [6.07, 6.45) is 1.93. The monoisotopic (exact) mass is 184 g/mol. The summed E-state index contributed by atoms with van der Waals surface area (Å²) in [5.74, 6) is 0.148. The molecule has 1 amide bonds. The van der Waals surface area contributed by atoms with Crippen LogP contribution in [-0.4, -0.2) is 37.2 Å². The molecule has 2 aliphatic rings. The molecule has 0 aromatic carbocycles. The van der Waals surface area contributed by atoms with E-state index in [2.05, 4.69) is 10.6 Å². The molecule has 0 bridgehead atoms. The zero-order chi connectivity index (χ0) is 9.31. The minimum Gasteiger partial charge on any atom is -0.378 e. The highest BCUT2D eigenvalue weighted by atomic mass is 16.5.